The number of rotatable bonds is 6. The highest BCUT2D eigenvalue weighted by Crippen LogP contribution is 2.30. The van der Waals surface area contributed by atoms with E-state index in [0.29, 0.717) is 33.4 Å². The molecule has 0 atom stereocenters. The van der Waals surface area contributed by atoms with Gasteiger partial charge in [-0.05, 0) is 25.1 Å². The SMILES string of the molecule is Cc1onc(-c2ccccc2Cl)c1C(=O)NCCn1nc(-c2cccnc2)n(C)c1=O. The molecule has 0 saturated heterocycles. The van der Waals surface area contributed by atoms with Crippen LogP contribution in [0.3, 0.4) is 0 Å². The number of aromatic nitrogens is 5. The number of aryl methyl sites for hydroxylation is 1. The molecule has 0 radical (unpaired) electrons. The molecule has 1 N–H and O–H groups in total. The molecule has 0 saturated carbocycles. The van der Waals surface area contributed by atoms with E-state index in [1.54, 1.807) is 56.7 Å². The van der Waals surface area contributed by atoms with E-state index < -0.39 is 0 Å². The van der Waals surface area contributed by atoms with E-state index in [1.807, 2.05) is 6.07 Å². The highest BCUT2D eigenvalue weighted by atomic mass is 35.5. The third-order valence-corrected chi connectivity index (χ3v) is 5.12. The van der Waals surface area contributed by atoms with E-state index in [9.17, 15) is 9.59 Å². The number of halogens is 1. The number of hydrogen-bond acceptors (Lipinski definition) is 6. The summed E-state index contributed by atoms with van der Waals surface area (Å²) >= 11 is 6.25. The molecule has 158 valence electrons. The number of pyridine rings is 1. The summed E-state index contributed by atoms with van der Waals surface area (Å²) in [6.45, 7) is 2.05. The highest BCUT2D eigenvalue weighted by molar-refractivity contribution is 6.33. The zero-order chi connectivity index (χ0) is 22.0. The van der Waals surface area contributed by atoms with Crippen LogP contribution in [0.25, 0.3) is 22.6 Å². The van der Waals surface area contributed by atoms with Crippen LogP contribution in [0.2, 0.25) is 5.02 Å². The topological polar surface area (TPSA) is 108 Å². The van der Waals surface area contributed by atoms with Gasteiger partial charge in [0.25, 0.3) is 5.91 Å². The van der Waals surface area contributed by atoms with Gasteiger partial charge in [0.2, 0.25) is 0 Å². The molecule has 0 aliphatic heterocycles. The summed E-state index contributed by atoms with van der Waals surface area (Å²) < 4.78 is 7.98. The molecule has 9 nitrogen and oxygen atoms in total. The van der Waals surface area contributed by atoms with Crippen molar-refractivity contribution in [3.05, 3.63) is 75.6 Å². The predicted octanol–water partition coefficient (Wildman–Crippen LogP) is 2.69. The zero-order valence-corrected chi connectivity index (χ0v) is 17.6. The Labute approximate surface area is 182 Å². The lowest BCUT2D eigenvalue weighted by Crippen LogP contribution is -2.32. The second-order valence-corrected chi connectivity index (χ2v) is 7.24. The Bertz CT molecular complexity index is 1290. The van der Waals surface area contributed by atoms with Gasteiger partial charge in [0.1, 0.15) is 17.0 Å². The largest absolute Gasteiger partial charge is 0.360 e. The summed E-state index contributed by atoms with van der Waals surface area (Å²) in [5.74, 6) is 0.506. The van der Waals surface area contributed by atoms with Crippen molar-refractivity contribution in [1.29, 1.82) is 0 Å². The van der Waals surface area contributed by atoms with E-state index in [2.05, 4.69) is 20.6 Å². The maximum absolute atomic E-state index is 12.8. The maximum atomic E-state index is 12.8. The van der Waals surface area contributed by atoms with Gasteiger partial charge in [-0.25, -0.2) is 9.48 Å². The lowest BCUT2D eigenvalue weighted by molar-refractivity contribution is 0.0951. The number of carbonyl (C=O) groups is 1. The van der Waals surface area contributed by atoms with Crippen LogP contribution in [-0.2, 0) is 13.6 Å². The van der Waals surface area contributed by atoms with Gasteiger partial charge in [0.15, 0.2) is 5.82 Å². The molecule has 10 heteroatoms. The van der Waals surface area contributed by atoms with Crippen molar-refractivity contribution < 1.29 is 9.32 Å². The van der Waals surface area contributed by atoms with Gasteiger partial charge in [-0.1, -0.05) is 35.0 Å². The van der Waals surface area contributed by atoms with Crippen LogP contribution < -0.4 is 11.0 Å². The Hall–Kier alpha value is -3.72. The van der Waals surface area contributed by atoms with Crippen LogP contribution in [0.1, 0.15) is 16.1 Å². The highest BCUT2D eigenvalue weighted by Gasteiger charge is 2.23. The lowest BCUT2D eigenvalue weighted by Gasteiger charge is -2.06. The van der Waals surface area contributed by atoms with Crippen molar-refractivity contribution in [3.8, 4) is 22.6 Å². The summed E-state index contributed by atoms with van der Waals surface area (Å²) in [7, 11) is 1.64. The monoisotopic (exact) mass is 438 g/mol. The van der Waals surface area contributed by atoms with Crippen LogP contribution >= 0.6 is 11.6 Å². The summed E-state index contributed by atoms with van der Waals surface area (Å²) in [6, 6.07) is 10.7. The van der Waals surface area contributed by atoms with Crippen LogP contribution in [0.4, 0.5) is 0 Å². The fourth-order valence-electron chi connectivity index (χ4n) is 3.22. The minimum absolute atomic E-state index is 0.189. The zero-order valence-electron chi connectivity index (χ0n) is 16.9. The number of hydrogen-bond donors (Lipinski definition) is 1. The molecule has 3 aromatic heterocycles. The summed E-state index contributed by atoms with van der Waals surface area (Å²) in [6.07, 6.45) is 3.29. The van der Waals surface area contributed by atoms with Gasteiger partial charge >= 0.3 is 5.69 Å². The predicted molar refractivity (Wildman–Crippen MR) is 115 cm³/mol. The molecule has 4 aromatic rings. The van der Waals surface area contributed by atoms with Crippen molar-refractivity contribution in [2.45, 2.75) is 13.5 Å². The van der Waals surface area contributed by atoms with Gasteiger partial charge in [-0.2, -0.15) is 0 Å². The van der Waals surface area contributed by atoms with E-state index in [1.165, 1.54) is 9.25 Å². The first-order chi connectivity index (χ1) is 15.0. The van der Waals surface area contributed by atoms with E-state index in [0.717, 1.165) is 5.56 Å². The smallest absolute Gasteiger partial charge is 0.345 e. The van der Waals surface area contributed by atoms with Gasteiger partial charge in [0, 0.05) is 37.1 Å². The quantitative estimate of drug-likeness (QED) is 0.496. The van der Waals surface area contributed by atoms with Crippen LogP contribution in [0, 0.1) is 6.92 Å². The molecule has 0 bridgehead atoms. The first-order valence-corrected chi connectivity index (χ1v) is 9.88. The fourth-order valence-corrected chi connectivity index (χ4v) is 3.45. The minimum atomic E-state index is -0.370. The molecule has 0 aliphatic rings. The number of nitrogens with zero attached hydrogens (tertiary/aromatic N) is 5. The van der Waals surface area contributed by atoms with E-state index >= 15 is 0 Å². The van der Waals surface area contributed by atoms with Crippen molar-refractivity contribution >= 4 is 17.5 Å². The Balaban J connectivity index is 1.50. The Kier molecular flexibility index (Phi) is 5.68. The van der Waals surface area contributed by atoms with Crippen LogP contribution in [0.5, 0.6) is 0 Å². The van der Waals surface area contributed by atoms with Crippen molar-refractivity contribution in [3.63, 3.8) is 0 Å². The number of nitrogens with one attached hydrogen (secondary N) is 1. The molecule has 0 spiro atoms. The lowest BCUT2D eigenvalue weighted by atomic mass is 10.1. The van der Waals surface area contributed by atoms with Crippen molar-refractivity contribution in [2.24, 2.45) is 7.05 Å². The molecular weight excluding hydrogens is 420 g/mol. The normalized spacial score (nSPS) is 10.9. The summed E-state index contributed by atoms with van der Waals surface area (Å²) in [5, 5.41) is 11.6. The Morgan fingerprint density at radius 2 is 2.03 bits per heavy atom. The second-order valence-electron chi connectivity index (χ2n) is 6.83. The summed E-state index contributed by atoms with van der Waals surface area (Å²) in [4.78, 5) is 29.4. The van der Waals surface area contributed by atoms with E-state index in [-0.39, 0.29) is 24.7 Å². The van der Waals surface area contributed by atoms with Gasteiger partial charge in [0.05, 0.1) is 11.6 Å². The summed E-state index contributed by atoms with van der Waals surface area (Å²) in [5.41, 5.74) is 1.72. The second kappa shape index (κ2) is 8.57. The van der Waals surface area contributed by atoms with Crippen LogP contribution in [-0.4, -0.2) is 36.9 Å². The number of benzene rings is 1. The Morgan fingerprint density at radius 3 is 2.77 bits per heavy atom. The van der Waals surface area contributed by atoms with E-state index in [4.69, 9.17) is 16.1 Å². The molecule has 31 heavy (non-hydrogen) atoms. The molecular formula is C21H19ClN6O3. The number of carbonyl (C=O) groups excluding carboxylic acids is 1. The molecule has 0 unspecified atom stereocenters. The molecule has 1 amide bonds. The first kappa shape index (κ1) is 20.5. The third kappa shape index (κ3) is 3.99. The fraction of sp³-hybridized carbons (Fsp3) is 0.190. The van der Waals surface area contributed by atoms with Crippen molar-refractivity contribution in [2.75, 3.05) is 6.54 Å². The number of amides is 1. The first-order valence-electron chi connectivity index (χ1n) is 9.51. The minimum Gasteiger partial charge on any atom is -0.360 e. The van der Waals surface area contributed by atoms with Gasteiger partial charge < -0.3 is 9.84 Å². The molecule has 3 heterocycles. The Morgan fingerprint density at radius 1 is 1.23 bits per heavy atom. The average Bonchev–Trinajstić information content (AvgIpc) is 3.29. The standard InChI is InChI=1S/C21H19ClN6O3/c1-13-17(18(26-31-13)15-7-3-4-8-16(15)22)20(29)24-10-11-28-21(30)27(2)19(25-28)14-6-5-9-23-12-14/h3-9,12H,10-11H2,1-2H3,(H,24,29). The van der Waals surface area contributed by atoms with Crippen molar-refractivity contribution in [1.82, 2.24) is 29.8 Å². The van der Waals surface area contributed by atoms with Gasteiger partial charge in [-0.15, -0.1) is 5.10 Å². The average molecular weight is 439 g/mol. The maximum Gasteiger partial charge on any atom is 0.345 e. The molecule has 4 rings (SSSR count). The molecule has 0 aliphatic carbocycles. The van der Waals surface area contributed by atoms with Gasteiger partial charge in [-0.3, -0.25) is 14.3 Å². The molecule has 1 aromatic carbocycles. The van der Waals surface area contributed by atoms with Crippen LogP contribution in [0.15, 0.2) is 58.1 Å². The third-order valence-electron chi connectivity index (χ3n) is 4.79. The molecule has 0 fully saturated rings.